The molecule has 2 N–H and O–H groups in total. The molecule has 1 aliphatic carbocycles. The molecule has 1 saturated carbocycles. The third-order valence-corrected chi connectivity index (χ3v) is 8.24. The quantitative estimate of drug-likeness (QED) is 0.426. The summed E-state index contributed by atoms with van der Waals surface area (Å²) in [7, 11) is 0. The molecule has 0 radical (unpaired) electrons. The van der Waals surface area contributed by atoms with Crippen molar-refractivity contribution in [3.05, 3.63) is 110 Å². The van der Waals surface area contributed by atoms with Gasteiger partial charge < -0.3 is 15.0 Å². The van der Waals surface area contributed by atoms with Gasteiger partial charge in [0.1, 0.15) is 11.6 Å². The number of carbonyl (C=O) groups excluding carboxylic acids is 1. The largest absolute Gasteiger partial charge is 0.378 e. The number of nitrogens with one attached hydrogen (secondary N) is 1. The fourth-order valence-corrected chi connectivity index (χ4v) is 5.97. The van der Waals surface area contributed by atoms with Crippen LogP contribution in [-0.4, -0.2) is 32.4 Å². The van der Waals surface area contributed by atoms with E-state index >= 15 is 0 Å². The van der Waals surface area contributed by atoms with Crippen molar-refractivity contribution in [2.24, 2.45) is 0 Å². The van der Waals surface area contributed by atoms with Gasteiger partial charge in [0.2, 0.25) is 0 Å². The van der Waals surface area contributed by atoms with Crippen molar-refractivity contribution in [1.82, 2.24) is 14.9 Å². The second-order valence-electron chi connectivity index (χ2n) is 9.45. The van der Waals surface area contributed by atoms with Gasteiger partial charge in [-0.15, -0.1) is 11.3 Å². The molecule has 6 rings (SSSR count). The number of amides is 1. The molecule has 2 aromatic heterocycles. The van der Waals surface area contributed by atoms with E-state index in [1.54, 1.807) is 47.7 Å². The Kier molecular flexibility index (Phi) is 5.58. The van der Waals surface area contributed by atoms with Crippen molar-refractivity contribution in [3.8, 4) is 11.1 Å². The lowest BCUT2D eigenvalue weighted by Crippen LogP contribution is -2.42. The van der Waals surface area contributed by atoms with Gasteiger partial charge in [0.25, 0.3) is 11.5 Å². The second kappa shape index (κ2) is 8.80. The van der Waals surface area contributed by atoms with E-state index in [1.165, 1.54) is 21.9 Å². The van der Waals surface area contributed by atoms with Crippen LogP contribution in [0, 0.1) is 5.82 Å². The Bertz CT molecular complexity index is 1510. The molecule has 2 aromatic carbocycles. The lowest BCUT2D eigenvalue weighted by molar-refractivity contribution is -0.141. The van der Waals surface area contributed by atoms with Crippen LogP contribution >= 0.6 is 11.3 Å². The molecule has 36 heavy (non-hydrogen) atoms. The smallest absolute Gasteiger partial charge is 0.256 e. The monoisotopic (exact) mass is 501 g/mol. The summed E-state index contributed by atoms with van der Waals surface area (Å²) in [6.07, 6.45) is 0.982. The summed E-state index contributed by atoms with van der Waals surface area (Å²) >= 11 is 1.67. The standard InChI is InChI=1S/C28H24FN3O3S/c29-20-7-2-5-18(15-20)17-4-1-6-19(14-17)24(33)26(35)32-12-9-22-21(16-32)25(34)31-27(30-22)28(10-11-28)23-8-3-13-36-23/h1-8,13-15,24,33H,9-12,16H2,(H,30,31,34). The summed E-state index contributed by atoms with van der Waals surface area (Å²) in [5.41, 5.74) is 2.56. The fourth-order valence-electron chi connectivity index (χ4n) is 4.99. The summed E-state index contributed by atoms with van der Waals surface area (Å²) in [5, 5.41) is 12.9. The summed E-state index contributed by atoms with van der Waals surface area (Å²) in [4.78, 5) is 36.8. The average Bonchev–Trinajstić information content (AvgIpc) is 3.53. The molecule has 8 heteroatoms. The van der Waals surface area contributed by atoms with Crippen molar-refractivity contribution in [2.45, 2.75) is 37.3 Å². The van der Waals surface area contributed by atoms with Crippen molar-refractivity contribution in [1.29, 1.82) is 0 Å². The number of carbonyl (C=O) groups is 1. The van der Waals surface area contributed by atoms with Crippen LogP contribution in [0.1, 0.15) is 46.5 Å². The Hall–Kier alpha value is -3.62. The Morgan fingerprint density at radius 3 is 2.61 bits per heavy atom. The first-order chi connectivity index (χ1) is 17.4. The molecule has 1 amide bonds. The minimum atomic E-state index is -1.39. The molecule has 1 atom stereocenters. The van der Waals surface area contributed by atoms with Gasteiger partial charge in [0.15, 0.2) is 6.10 Å². The van der Waals surface area contributed by atoms with E-state index in [1.807, 2.05) is 11.4 Å². The number of fused-ring (bicyclic) bond motifs is 1. The molecule has 4 aromatic rings. The van der Waals surface area contributed by atoms with Gasteiger partial charge in [-0.2, -0.15) is 0 Å². The summed E-state index contributed by atoms with van der Waals surface area (Å²) < 4.78 is 13.7. The van der Waals surface area contributed by atoms with Crippen LogP contribution in [0.4, 0.5) is 4.39 Å². The molecule has 0 spiro atoms. The summed E-state index contributed by atoms with van der Waals surface area (Å²) in [6, 6.07) is 17.2. The number of rotatable bonds is 5. The molecule has 3 heterocycles. The number of aliphatic hydroxyl groups is 1. The number of aliphatic hydroxyl groups excluding tert-OH is 1. The topological polar surface area (TPSA) is 86.3 Å². The number of hydrogen-bond donors (Lipinski definition) is 2. The predicted molar refractivity (Wildman–Crippen MR) is 135 cm³/mol. The maximum atomic E-state index is 13.7. The van der Waals surface area contributed by atoms with E-state index in [-0.39, 0.29) is 23.3 Å². The van der Waals surface area contributed by atoms with Crippen LogP contribution in [0.2, 0.25) is 0 Å². The molecule has 1 aliphatic heterocycles. The van der Waals surface area contributed by atoms with Gasteiger partial charge in [-0.25, -0.2) is 9.37 Å². The van der Waals surface area contributed by atoms with Gasteiger partial charge in [-0.3, -0.25) is 9.59 Å². The van der Waals surface area contributed by atoms with Crippen LogP contribution in [0.5, 0.6) is 0 Å². The third kappa shape index (κ3) is 3.96. The van der Waals surface area contributed by atoms with Crippen LogP contribution in [0.15, 0.2) is 70.8 Å². The number of aromatic amines is 1. The lowest BCUT2D eigenvalue weighted by Gasteiger charge is -2.30. The minimum Gasteiger partial charge on any atom is -0.378 e. The second-order valence-corrected chi connectivity index (χ2v) is 10.4. The first-order valence-electron chi connectivity index (χ1n) is 11.9. The number of H-pyrrole nitrogens is 1. The number of halogens is 1. The van der Waals surface area contributed by atoms with Crippen molar-refractivity contribution in [2.75, 3.05) is 6.54 Å². The van der Waals surface area contributed by atoms with E-state index < -0.39 is 12.0 Å². The predicted octanol–water partition coefficient (Wildman–Crippen LogP) is 4.34. The van der Waals surface area contributed by atoms with Crippen LogP contribution < -0.4 is 5.56 Å². The van der Waals surface area contributed by atoms with Crippen molar-refractivity contribution in [3.63, 3.8) is 0 Å². The Morgan fingerprint density at radius 2 is 1.89 bits per heavy atom. The Balaban J connectivity index is 1.23. The zero-order valence-corrected chi connectivity index (χ0v) is 20.2. The molecule has 0 saturated heterocycles. The molecule has 1 unspecified atom stereocenters. The van der Waals surface area contributed by atoms with Gasteiger partial charge >= 0.3 is 0 Å². The van der Waals surface area contributed by atoms with Crippen LogP contribution in [0.25, 0.3) is 11.1 Å². The lowest BCUT2D eigenvalue weighted by atomic mass is 9.99. The average molecular weight is 502 g/mol. The molecule has 6 nitrogen and oxygen atoms in total. The SMILES string of the molecule is O=C(C(O)c1cccc(-c2cccc(F)c2)c1)N1CCc2nc(C3(c4cccs4)CC3)[nH]c(=O)c2C1. The molecule has 1 fully saturated rings. The zero-order chi connectivity index (χ0) is 24.9. The molecule has 2 aliphatic rings. The molecule has 182 valence electrons. The summed E-state index contributed by atoms with van der Waals surface area (Å²) in [6.45, 7) is 0.470. The number of nitrogens with zero attached hydrogens (tertiary/aromatic N) is 2. The zero-order valence-electron chi connectivity index (χ0n) is 19.4. The number of aromatic nitrogens is 2. The van der Waals surface area contributed by atoms with Crippen molar-refractivity contribution < 1.29 is 14.3 Å². The van der Waals surface area contributed by atoms with Gasteiger partial charge in [-0.05, 0) is 59.2 Å². The summed E-state index contributed by atoms with van der Waals surface area (Å²) in [5.74, 6) is -0.119. The van der Waals surface area contributed by atoms with E-state index in [0.29, 0.717) is 41.0 Å². The van der Waals surface area contributed by atoms with E-state index in [2.05, 4.69) is 11.1 Å². The van der Waals surface area contributed by atoms with Crippen LogP contribution in [0.3, 0.4) is 0 Å². The first kappa shape index (κ1) is 22.8. The highest BCUT2D eigenvalue weighted by Crippen LogP contribution is 2.53. The highest BCUT2D eigenvalue weighted by atomic mass is 32.1. The number of thiophene rings is 1. The highest BCUT2D eigenvalue weighted by molar-refractivity contribution is 7.10. The third-order valence-electron chi connectivity index (χ3n) is 7.17. The van der Waals surface area contributed by atoms with Gasteiger partial charge in [0, 0.05) is 17.8 Å². The molecular weight excluding hydrogens is 477 g/mol. The Morgan fingerprint density at radius 1 is 1.11 bits per heavy atom. The maximum Gasteiger partial charge on any atom is 0.256 e. The normalized spacial score (nSPS) is 16.9. The van der Waals surface area contributed by atoms with Crippen molar-refractivity contribution >= 4 is 17.2 Å². The fraction of sp³-hybridized carbons (Fsp3) is 0.250. The number of hydrogen-bond acceptors (Lipinski definition) is 5. The van der Waals surface area contributed by atoms with E-state index in [0.717, 1.165) is 18.5 Å². The number of benzene rings is 2. The first-order valence-corrected chi connectivity index (χ1v) is 12.8. The molecule has 0 bridgehead atoms. The minimum absolute atomic E-state index is 0.101. The highest BCUT2D eigenvalue weighted by Gasteiger charge is 2.49. The Labute approximate surface area is 211 Å². The van der Waals surface area contributed by atoms with E-state index in [9.17, 15) is 19.1 Å². The van der Waals surface area contributed by atoms with Crippen LogP contribution in [-0.2, 0) is 23.2 Å². The van der Waals surface area contributed by atoms with Gasteiger partial charge in [0.05, 0.1) is 23.2 Å². The van der Waals surface area contributed by atoms with E-state index in [4.69, 9.17) is 4.98 Å². The maximum absolute atomic E-state index is 13.7. The molecular formula is C28H24FN3O3S. The van der Waals surface area contributed by atoms with Gasteiger partial charge in [-0.1, -0.05) is 36.4 Å².